The summed E-state index contributed by atoms with van der Waals surface area (Å²) in [4.78, 5) is 20.1. The van der Waals surface area contributed by atoms with Gasteiger partial charge in [-0.25, -0.2) is 0 Å². The Bertz CT molecular complexity index is 927. The van der Waals surface area contributed by atoms with Crippen LogP contribution < -0.4 is 20.3 Å². The van der Waals surface area contributed by atoms with Gasteiger partial charge in [0.25, 0.3) is 5.56 Å². The minimum Gasteiger partial charge on any atom is -0.493 e. The molecule has 0 bridgehead atoms. The number of aromatic amines is 1. The normalized spacial score (nSPS) is 14.5. The van der Waals surface area contributed by atoms with Gasteiger partial charge in [-0.2, -0.15) is 0 Å². The van der Waals surface area contributed by atoms with Crippen LogP contribution in [-0.2, 0) is 11.3 Å². The predicted molar refractivity (Wildman–Crippen MR) is 122 cm³/mol. The summed E-state index contributed by atoms with van der Waals surface area (Å²) in [5, 5.41) is 4.55. The Hall–Kier alpha value is -2.36. The number of rotatable bonds is 8. The lowest BCUT2D eigenvalue weighted by molar-refractivity contribution is 0.0367. The first-order chi connectivity index (χ1) is 14.5. The van der Waals surface area contributed by atoms with Crippen molar-refractivity contribution in [2.24, 2.45) is 0 Å². The zero-order chi connectivity index (χ0) is 21.5. The molecule has 0 atom stereocenters. The second-order valence-corrected chi connectivity index (χ2v) is 7.59. The average Bonchev–Trinajstić information content (AvgIpc) is 2.78. The maximum atomic E-state index is 12.7. The molecule has 1 saturated heterocycles. The summed E-state index contributed by atoms with van der Waals surface area (Å²) in [6.07, 6.45) is 0.957. The average molecular weight is 435 g/mol. The number of nitrogens with zero attached hydrogens (tertiary/aromatic N) is 2. The van der Waals surface area contributed by atoms with E-state index in [2.05, 4.69) is 15.2 Å². The molecule has 1 fully saturated rings. The molecule has 0 unspecified atom stereocenters. The van der Waals surface area contributed by atoms with E-state index in [0.717, 1.165) is 51.2 Å². The highest BCUT2D eigenvalue weighted by Crippen LogP contribution is 2.31. The van der Waals surface area contributed by atoms with Gasteiger partial charge in [0.05, 0.1) is 39.5 Å². The first kappa shape index (κ1) is 22.3. The van der Waals surface area contributed by atoms with Crippen molar-refractivity contribution in [3.05, 3.63) is 34.1 Å². The van der Waals surface area contributed by atoms with Gasteiger partial charge in [0.1, 0.15) is 0 Å². The van der Waals surface area contributed by atoms with Crippen LogP contribution in [0.15, 0.2) is 23.0 Å². The lowest BCUT2D eigenvalue weighted by Gasteiger charge is -2.29. The van der Waals surface area contributed by atoms with E-state index in [4.69, 9.17) is 26.4 Å². The summed E-state index contributed by atoms with van der Waals surface area (Å²) in [5.74, 6) is 1.20. The minimum atomic E-state index is -0.133. The number of hydrogen-bond acceptors (Lipinski definition) is 6. The van der Waals surface area contributed by atoms with Gasteiger partial charge in [-0.05, 0) is 30.8 Å². The van der Waals surface area contributed by atoms with Gasteiger partial charge in [-0.3, -0.25) is 9.69 Å². The molecule has 2 aromatic rings. The van der Waals surface area contributed by atoms with Crippen molar-refractivity contribution in [3.8, 4) is 11.5 Å². The number of aromatic nitrogens is 1. The molecule has 0 radical (unpaired) electrons. The fourth-order valence-electron chi connectivity index (χ4n) is 3.62. The summed E-state index contributed by atoms with van der Waals surface area (Å²) >= 11 is 5.49. The van der Waals surface area contributed by atoms with Crippen molar-refractivity contribution in [3.63, 3.8) is 0 Å². The third kappa shape index (κ3) is 5.41. The SMILES string of the molecule is CNC(=S)N(CCCN1CCOCC1)Cc1cc2cc(OC)c(OC)cc2[nH]c1=O. The molecule has 1 aromatic heterocycles. The quantitative estimate of drug-likeness (QED) is 0.607. The van der Waals surface area contributed by atoms with Crippen molar-refractivity contribution >= 4 is 28.2 Å². The number of H-pyrrole nitrogens is 1. The van der Waals surface area contributed by atoms with Crippen molar-refractivity contribution < 1.29 is 14.2 Å². The summed E-state index contributed by atoms with van der Waals surface area (Å²) in [6.45, 7) is 5.69. The van der Waals surface area contributed by atoms with Gasteiger partial charge in [-0.15, -0.1) is 0 Å². The fourth-order valence-corrected chi connectivity index (χ4v) is 3.78. The van der Waals surface area contributed by atoms with E-state index < -0.39 is 0 Å². The molecule has 9 heteroatoms. The second kappa shape index (κ2) is 10.6. The molecule has 1 aromatic carbocycles. The molecule has 0 spiro atoms. The van der Waals surface area contributed by atoms with E-state index in [9.17, 15) is 4.79 Å². The highest BCUT2D eigenvalue weighted by molar-refractivity contribution is 7.80. The van der Waals surface area contributed by atoms with E-state index in [1.807, 2.05) is 17.0 Å². The summed E-state index contributed by atoms with van der Waals surface area (Å²) in [5.41, 5.74) is 1.22. The van der Waals surface area contributed by atoms with Crippen LogP contribution in [-0.4, -0.2) is 80.6 Å². The van der Waals surface area contributed by atoms with E-state index in [1.54, 1.807) is 27.3 Å². The number of benzene rings is 1. The topological polar surface area (TPSA) is 79.1 Å². The second-order valence-electron chi connectivity index (χ2n) is 7.20. The Morgan fingerprint density at radius 2 is 1.93 bits per heavy atom. The van der Waals surface area contributed by atoms with E-state index in [1.165, 1.54) is 0 Å². The van der Waals surface area contributed by atoms with Gasteiger partial charge in [0.2, 0.25) is 0 Å². The third-order valence-electron chi connectivity index (χ3n) is 5.29. The molecule has 2 heterocycles. The maximum Gasteiger partial charge on any atom is 0.253 e. The molecule has 8 nitrogen and oxygen atoms in total. The van der Waals surface area contributed by atoms with Crippen LogP contribution >= 0.6 is 12.2 Å². The number of fused-ring (bicyclic) bond motifs is 1. The Balaban J connectivity index is 1.76. The Labute approximate surface area is 182 Å². The van der Waals surface area contributed by atoms with Gasteiger partial charge in [0, 0.05) is 50.2 Å². The summed E-state index contributed by atoms with van der Waals surface area (Å²) in [6, 6.07) is 5.54. The molecular weight excluding hydrogens is 404 g/mol. The van der Waals surface area contributed by atoms with E-state index >= 15 is 0 Å². The zero-order valence-electron chi connectivity index (χ0n) is 17.8. The molecule has 0 amide bonds. The first-order valence-electron chi connectivity index (χ1n) is 10.1. The molecule has 30 heavy (non-hydrogen) atoms. The van der Waals surface area contributed by atoms with Crippen LogP contribution in [0.25, 0.3) is 10.9 Å². The number of methoxy groups -OCH3 is 2. The lowest BCUT2D eigenvalue weighted by atomic mass is 10.1. The molecule has 164 valence electrons. The van der Waals surface area contributed by atoms with Crippen LogP contribution in [0.5, 0.6) is 11.5 Å². The van der Waals surface area contributed by atoms with Crippen molar-refractivity contribution in [2.45, 2.75) is 13.0 Å². The molecular formula is C21H30N4O4S. The summed E-state index contributed by atoms with van der Waals surface area (Å²) in [7, 11) is 4.97. The first-order valence-corrected chi connectivity index (χ1v) is 10.5. The highest BCUT2D eigenvalue weighted by Gasteiger charge is 2.15. The number of nitrogens with one attached hydrogen (secondary N) is 2. The highest BCUT2D eigenvalue weighted by atomic mass is 32.1. The Kier molecular flexibility index (Phi) is 7.89. The number of hydrogen-bond donors (Lipinski definition) is 2. The van der Waals surface area contributed by atoms with Crippen molar-refractivity contribution in [1.82, 2.24) is 20.1 Å². The molecule has 1 aliphatic rings. The van der Waals surface area contributed by atoms with Crippen LogP contribution in [0, 0.1) is 0 Å². The Morgan fingerprint density at radius 1 is 1.23 bits per heavy atom. The molecule has 2 N–H and O–H groups in total. The Morgan fingerprint density at radius 3 is 2.60 bits per heavy atom. The largest absolute Gasteiger partial charge is 0.493 e. The molecule has 0 saturated carbocycles. The number of morpholine rings is 1. The predicted octanol–water partition coefficient (Wildman–Crippen LogP) is 1.57. The number of pyridine rings is 1. The molecule has 0 aliphatic carbocycles. The lowest BCUT2D eigenvalue weighted by Crippen LogP contribution is -2.41. The standard InChI is InChI=1S/C21H30N4O4S/c1-22-21(30)25(6-4-5-24-7-9-29-10-8-24)14-16-11-15-12-18(27-2)19(28-3)13-17(15)23-20(16)26/h11-13H,4-10,14H2,1-3H3,(H,22,30)(H,23,26). The zero-order valence-corrected chi connectivity index (χ0v) is 18.6. The van der Waals surface area contributed by atoms with Gasteiger partial charge >= 0.3 is 0 Å². The van der Waals surface area contributed by atoms with Crippen LogP contribution in [0.4, 0.5) is 0 Å². The van der Waals surface area contributed by atoms with Gasteiger partial charge in [-0.1, -0.05) is 0 Å². The fraction of sp³-hybridized carbons (Fsp3) is 0.524. The number of thiocarbonyl (C=S) groups is 1. The van der Waals surface area contributed by atoms with Crippen LogP contribution in [0.2, 0.25) is 0 Å². The van der Waals surface area contributed by atoms with Crippen molar-refractivity contribution in [1.29, 1.82) is 0 Å². The summed E-state index contributed by atoms with van der Waals surface area (Å²) < 4.78 is 16.1. The molecule has 3 rings (SSSR count). The smallest absolute Gasteiger partial charge is 0.253 e. The van der Waals surface area contributed by atoms with Gasteiger partial charge < -0.3 is 29.4 Å². The van der Waals surface area contributed by atoms with Crippen LogP contribution in [0.3, 0.4) is 0 Å². The monoisotopic (exact) mass is 434 g/mol. The number of ether oxygens (including phenoxy) is 3. The molecule has 1 aliphatic heterocycles. The maximum absolute atomic E-state index is 12.7. The van der Waals surface area contributed by atoms with E-state index in [-0.39, 0.29) is 5.56 Å². The van der Waals surface area contributed by atoms with E-state index in [0.29, 0.717) is 34.2 Å². The minimum absolute atomic E-state index is 0.133. The van der Waals surface area contributed by atoms with Crippen molar-refractivity contribution in [2.75, 3.05) is 60.7 Å². The van der Waals surface area contributed by atoms with Crippen LogP contribution in [0.1, 0.15) is 12.0 Å². The third-order valence-corrected chi connectivity index (χ3v) is 5.76. The van der Waals surface area contributed by atoms with Gasteiger partial charge in [0.15, 0.2) is 16.6 Å².